The molecule has 0 aliphatic carbocycles. The highest BCUT2D eigenvalue weighted by Gasteiger charge is 2.11. The molecule has 1 N–H and O–H groups in total. The number of amides is 1. The molecule has 3 rings (SSSR count). The van der Waals surface area contributed by atoms with Crippen LogP contribution in [0.3, 0.4) is 0 Å². The predicted molar refractivity (Wildman–Crippen MR) is 122 cm³/mol. The first-order chi connectivity index (χ1) is 14.1. The third-order valence-corrected chi connectivity index (χ3v) is 4.96. The van der Waals surface area contributed by atoms with E-state index in [4.69, 9.17) is 0 Å². The van der Waals surface area contributed by atoms with E-state index in [1.54, 1.807) is 42.5 Å². The molecule has 144 valence electrons. The quantitative estimate of drug-likeness (QED) is 0.224. The number of carbonyl (C=O) groups is 1. The van der Waals surface area contributed by atoms with Gasteiger partial charge in [0.15, 0.2) is 0 Å². The number of halogens is 1. The lowest BCUT2D eigenvalue weighted by Gasteiger charge is -2.05. The molecular weight excluding hydrogens is 481 g/mol. The van der Waals surface area contributed by atoms with E-state index in [1.807, 2.05) is 42.5 Å². The van der Waals surface area contributed by atoms with Crippen molar-refractivity contribution in [3.63, 3.8) is 0 Å². The summed E-state index contributed by atoms with van der Waals surface area (Å²) in [6.07, 6.45) is 3.26. The third kappa shape index (κ3) is 5.35. The number of rotatable bonds is 6. The van der Waals surface area contributed by atoms with Crippen molar-refractivity contribution in [3.05, 3.63) is 115 Å². The van der Waals surface area contributed by atoms with Crippen LogP contribution >= 0.6 is 22.6 Å². The molecule has 0 aliphatic heterocycles. The first kappa shape index (κ1) is 20.4. The number of nitrogens with one attached hydrogen (secondary N) is 1. The van der Waals surface area contributed by atoms with Gasteiger partial charge in [0, 0.05) is 15.2 Å². The molecule has 3 aromatic carbocycles. The molecule has 0 bridgehead atoms. The summed E-state index contributed by atoms with van der Waals surface area (Å²) in [5.74, 6) is -0.331. The molecule has 0 aliphatic rings. The molecule has 0 heterocycles. The lowest BCUT2D eigenvalue weighted by molar-refractivity contribution is -0.385. The Balaban J connectivity index is 1.92. The third-order valence-electron chi connectivity index (χ3n) is 4.02. The van der Waals surface area contributed by atoms with E-state index in [1.165, 1.54) is 6.07 Å². The Bertz CT molecular complexity index is 1100. The van der Waals surface area contributed by atoms with Gasteiger partial charge < -0.3 is 0 Å². The second-order valence-electron chi connectivity index (χ2n) is 5.93. The van der Waals surface area contributed by atoms with Crippen LogP contribution in [0.5, 0.6) is 0 Å². The van der Waals surface area contributed by atoms with E-state index in [2.05, 4.69) is 33.1 Å². The van der Waals surface area contributed by atoms with Gasteiger partial charge in [0.2, 0.25) is 0 Å². The van der Waals surface area contributed by atoms with Crippen molar-refractivity contribution in [1.82, 2.24) is 5.43 Å². The van der Waals surface area contributed by atoms with Gasteiger partial charge in [-0.05, 0) is 52.9 Å². The predicted octanol–water partition coefficient (Wildman–Crippen LogP) is 5.05. The number of nitro benzene ring substituents is 1. The second kappa shape index (κ2) is 9.74. The molecule has 0 fully saturated rings. The van der Waals surface area contributed by atoms with Crippen molar-refractivity contribution >= 4 is 46.0 Å². The summed E-state index contributed by atoms with van der Waals surface area (Å²) in [7, 11) is 0. The number of para-hydroxylation sites is 1. The van der Waals surface area contributed by atoms with E-state index in [0.29, 0.717) is 16.8 Å². The minimum Gasteiger partial charge on any atom is -0.267 e. The minimum absolute atomic E-state index is 0.000892. The van der Waals surface area contributed by atoms with Gasteiger partial charge in [-0.15, -0.1) is 0 Å². The highest BCUT2D eigenvalue weighted by Crippen LogP contribution is 2.19. The van der Waals surface area contributed by atoms with Crippen LogP contribution in [0, 0.1) is 13.7 Å². The Morgan fingerprint density at radius 1 is 0.966 bits per heavy atom. The summed E-state index contributed by atoms with van der Waals surface area (Å²) in [6, 6.07) is 22.9. The number of allylic oxidation sites excluding steroid dienone is 1. The molecule has 29 heavy (non-hydrogen) atoms. The summed E-state index contributed by atoms with van der Waals surface area (Å²) in [5, 5.41) is 15.5. The van der Waals surface area contributed by atoms with Crippen LogP contribution in [0.1, 0.15) is 21.5 Å². The lowest BCUT2D eigenvalue weighted by Crippen LogP contribution is -2.20. The fourth-order valence-corrected chi connectivity index (χ4v) is 3.22. The maximum absolute atomic E-state index is 12.5. The zero-order valence-electron chi connectivity index (χ0n) is 15.2. The van der Waals surface area contributed by atoms with Gasteiger partial charge in [0.05, 0.1) is 21.8 Å². The summed E-state index contributed by atoms with van der Waals surface area (Å²) in [6.45, 7) is 0. The van der Waals surface area contributed by atoms with Crippen molar-refractivity contribution < 1.29 is 9.72 Å². The summed E-state index contributed by atoms with van der Waals surface area (Å²) < 4.78 is 0.814. The number of carbonyl (C=O) groups excluding carboxylic acids is 1. The fourth-order valence-electron chi connectivity index (χ4n) is 2.59. The lowest BCUT2D eigenvalue weighted by atomic mass is 10.1. The second-order valence-corrected chi connectivity index (χ2v) is 7.10. The maximum Gasteiger partial charge on any atom is 0.276 e. The molecule has 7 heteroatoms. The van der Waals surface area contributed by atoms with Gasteiger partial charge in [-0.2, -0.15) is 5.10 Å². The van der Waals surface area contributed by atoms with Crippen LogP contribution < -0.4 is 5.43 Å². The number of nitrogens with zero attached hydrogens (tertiary/aromatic N) is 2. The standard InChI is InChI=1S/C22H16IN3O3/c23-19-12-6-5-11-18(19)22(27)25-24-20(16-8-2-1-3-9-16)15-14-17-10-4-7-13-21(17)26(28)29/h1-15H,(H,25,27)/b15-14+,24-20-. The van der Waals surface area contributed by atoms with E-state index >= 15 is 0 Å². The average Bonchev–Trinajstić information content (AvgIpc) is 2.74. The van der Waals surface area contributed by atoms with Crippen molar-refractivity contribution in [3.8, 4) is 0 Å². The van der Waals surface area contributed by atoms with E-state index < -0.39 is 4.92 Å². The number of benzene rings is 3. The highest BCUT2D eigenvalue weighted by atomic mass is 127. The zero-order chi connectivity index (χ0) is 20.6. The molecule has 1 amide bonds. The van der Waals surface area contributed by atoms with E-state index in [0.717, 1.165) is 9.13 Å². The molecule has 0 atom stereocenters. The van der Waals surface area contributed by atoms with Crippen LogP contribution in [0.2, 0.25) is 0 Å². The van der Waals surface area contributed by atoms with Gasteiger partial charge >= 0.3 is 0 Å². The minimum atomic E-state index is -0.432. The SMILES string of the molecule is O=C(N/N=C(/C=C/c1ccccc1[N+](=O)[O-])c1ccccc1)c1ccccc1I. The smallest absolute Gasteiger partial charge is 0.267 e. The van der Waals surface area contributed by atoms with Crippen LogP contribution in [-0.2, 0) is 0 Å². The molecule has 6 nitrogen and oxygen atoms in total. The van der Waals surface area contributed by atoms with Crippen LogP contribution in [0.15, 0.2) is 90.0 Å². The number of hydrazone groups is 1. The molecular formula is C22H16IN3O3. The molecule has 0 radical (unpaired) electrons. The monoisotopic (exact) mass is 497 g/mol. The molecule has 3 aromatic rings. The molecule has 0 unspecified atom stereocenters. The molecule has 0 aromatic heterocycles. The van der Waals surface area contributed by atoms with Crippen LogP contribution in [-0.4, -0.2) is 16.5 Å². The number of hydrogen-bond acceptors (Lipinski definition) is 4. The molecule has 0 saturated heterocycles. The van der Waals surface area contributed by atoms with Crippen molar-refractivity contribution in [2.75, 3.05) is 0 Å². The fraction of sp³-hybridized carbons (Fsp3) is 0. The van der Waals surface area contributed by atoms with Crippen molar-refractivity contribution in [2.45, 2.75) is 0 Å². The van der Waals surface area contributed by atoms with Crippen LogP contribution in [0.25, 0.3) is 6.08 Å². The highest BCUT2D eigenvalue weighted by molar-refractivity contribution is 14.1. The molecule has 0 spiro atoms. The summed E-state index contributed by atoms with van der Waals surface area (Å²) in [5.41, 5.74) is 4.78. The first-order valence-electron chi connectivity index (χ1n) is 8.66. The van der Waals surface area contributed by atoms with Gasteiger partial charge in [0.1, 0.15) is 0 Å². The topological polar surface area (TPSA) is 84.6 Å². The normalized spacial score (nSPS) is 11.4. The molecule has 0 saturated carbocycles. The Morgan fingerprint density at radius 2 is 1.62 bits per heavy atom. The number of hydrogen-bond donors (Lipinski definition) is 1. The van der Waals surface area contributed by atoms with Gasteiger partial charge in [-0.1, -0.05) is 54.6 Å². The van der Waals surface area contributed by atoms with E-state index in [-0.39, 0.29) is 11.6 Å². The first-order valence-corrected chi connectivity index (χ1v) is 9.73. The Hall–Kier alpha value is -3.33. The maximum atomic E-state index is 12.5. The van der Waals surface area contributed by atoms with Crippen LogP contribution in [0.4, 0.5) is 5.69 Å². The Kier molecular flexibility index (Phi) is 6.85. The largest absolute Gasteiger partial charge is 0.276 e. The Labute approximate surface area is 181 Å². The Morgan fingerprint density at radius 3 is 2.34 bits per heavy atom. The van der Waals surface area contributed by atoms with Gasteiger partial charge in [-0.3, -0.25) is 14.9 Å². The van der Waals surface area contributed by atoms with Crippen molar-refractivity contribution in [2.24, 2.45) is 5.10 Å². The van der Waals surface area contributed by atoms with Gasteiger partial charge in [-0.25, -0.2) is 5.43 Å². The van der Waals surface area contributed by atoms with Crippen molar-refractivity contribution in [1.29, 1.82) is 0 Å². The zero-order valence-corrected chi connectivity index (χ0v) is 17.3. The van der Waals surface area contributed by atoms with E-state index in [9.17, 15) is 14.9 Å². The number of nitro groups is 1. The van der Waals surface area contributed by atoms with Gasteiger partial charge in [0.25, 0.3) is 11.6 Å². The summed E-state index contributed by atoms with van der Waals surface area (Å²) >= 11 is 2.09. The average molecular weight is 497 g/mol. The summed E-state index contributed by atoms with van der Waals surface area (Å²) in [4.78, 5) is 23.3.